The Labute approximate surface area is 98.4 Å². The molecule has 3 nitrogen and oxygen atoms in total. The van der Waals surface area contributed by atoms with Crippen molar-refractivity contribution in [1.29, 1.82) is 0 Å². The van der Waals surface area contributed by atoms with Crippen LogP contribution in [0.3, 0.4) is 0 Å². The standard InChI is InChI=1S/C13H24N2O/c1-16-7-6-13(4-5-13)10-15-9-11-2-3-12(14)8-11/h2-3,11-12,15H,4-10,14H2,1H3. The van der Waals surface area contributed by atoms with Crippen LogP contribution in [0.1, 0.15) is 25.7 Å². The van der Waals surface area contributed by atoms with Gasteiger partial charge in [-0.1, -0.05) is 12.2 Å². The first-order chi connectivity index (χ1) is 7.74. The molecule has 2 aliphatic rings. The summed E-state index contributed by atoms with van der Waals surface area (Å²) >= 11 is 0. The van der Waals surface area contributed by atoms with E-state index in [1.807, 2.05) is 0 Å². The Hall–Kier alpha value is -0.380. The molecule has 0 spiro atoms. The van der Waals surface area contributed by atoms with Crippen molar-refractivity contribution in [2.45, 2.75) is 31.7 Å². The van der Waals surface area contributed by atoms with E-state index in [4.69, 9.17) is 10.5 Å². The average Bonchev–Trinajstić information content (AvgIpc) is 2.92. The minimum atomic E-state index is 0.287. The second-order valence-corrected chi connectivity index (χ2v) is 5.42. The molecule has 0 radical (unpaired) electrons. The Bertz CT molecular complexity index is 248. The molecule has 2 rings (SSSR count). The number of ether oxygens (including phenoxy) is 1. The van der Waals surface area contributed by atoms with Crippen molar-refractivity contribution in [3.63, 3.8) is 0 Å². The molecule has 0 aromatic heterocycles. The summed E-state index contributed by atoms with van der Waals surface area (Å²) < 4.78 is 5.16. The second-order valence-electron chi connectivity index (χ2n) is 5.42. The van der Waals surface area contributed by atoms with Crippen LogP contribution in [-0.2, 0) is 4.74 Å². The third-order valence-electron chi connectivity index (χ3n) is 3.91. The van der Waals surface area contributed by atoms with E-state index >= 15 is 0 Å². The minimum Gasteiger partial charge on any atom is -0.385 e. The molecular weight excluding hydrogens is 200 g/mol. The highest BCUT2D eigenvalue weighted by Gasteiger charge is 2.41. The molecule has 1 saturated carbocycles. The van der Waals surface area contributed by atoms with Gasteiger partial charge < -0.3 is 15.8 Å². The predicted molar refractivity (Wildman–Crippen MR) is 66.3 cm³/mol. The second kappa shape index (κ2) is 5.30. The van der Waals surface area contributed by atoms with E-state index in [1.54, 1.807) is 7.11 Å². The molecule has 3 N–H and O–H groups in total. The van der Waals surface area contributed by atoms with Crippen molar-refractivity contribution in [3.05, 3.63) is 12.2 Å². The molecule has 2 atom stereocenters. The molecule has 0 aromatic carbocycles. The lowest BCUT2D eigenvalue weighted by atomic mass is 10.0. The fraction of sp³-hybridized carbons (Fsp3) is 0.846. The SMILES string of the molecule is COCCC1(CNCC2C=CC(N)C2)CC1. The van der Waals surface area contributed by atoms with E-state index < -0.39 is 0 Å². The van der Waals surface area contributed by atoms with Crippen molar-refractivity contribution < 1.29 is 4.74 Å². The van der Waals surface area contributed by atoms with Gasteiger partial charge in [0, 0.05) is 32.8 Å². The van der Waals surface area contributed by atoms with Gasteiger partial charge in [-0.25, -0.2) is 0 Å². The summed E-state index contributed by atoms with van der Waals surface area (Å²) in [5.41, 5.74) is 6.39. The molecule has 0 amide bonds. The van der Waals surface area contributed by atoms with Gasteiger partial charge in [-0.2, -0.15) is 0 Å². The topological polar surface area (TPSA) is 47.3 Å². The highest BCUT2D eigenvalue weighted by Crippen LogP contribution is 2.48. The molecule has 0 heterocycles. The van der Waals surface area contributed by atoms with Crippen LogP contribution in [0.15, 0.2) is 12.2 Å². The number of rotatable bonds is 7. The Morgan fingerprint density at radius 3 is 2.81 bits per heavy atom. The van der Waals surface area contributed by atoms with Gasteiger partial charge in [0.15, 0.2) is 0 Å². The van der Waals surface area contributed by atoms with Gasteiger partial charge >= 0.3 is 0 Å². The van der Waals surface area contributed by atoms with Gasteiger partial charge in [0.1, 0.15) is 0 Å². The molecule has 16 heavy (non-hydrogen) atoms. The zero-order chi connectivity index (χ0) is 11.4. The smallest absolute Gasteiger partial charge is 0.0468 e. The third kappa shape index (κ3) is 3.30. The first-order valence-corrected chi connectivity index (χ1v) is 6.38. The van der Waals surface area contributed by atoms with Crippen molar-refractivity contribution in [2.75, 3.05) is 26.8 Å². The van der Waals surface area contributed by atoms with Gasteiger partial charge in [0.25, 0.3) is 0 Å². The fourth-order valence-electron chi connectivity index (χ4n) is 2.49. The van der Waals surface area contributed by atoms with Crippen LogP contribution in [0.4, 0.5) is 0 Å². The van der Waals surface area contributed by atoms with Crippen LogP contribution in [0, 0.1) is 11.3 Å². The highest BCUT2D eigenvalue weighted by atomic mass is 16.5. The minimum absolute atomic E-state index is 0.287. The lowest BCUT2D eigenvalue weighted by molar-refractivity contribution is 0.171. The van der Waals surface area contributed by atoms with Crippen molar-refractivity contribution in [3.8, 4) is 0 Å². The fourth-order valence-corrected chi connectivity index (χ4v) is 2.49. The summed E-state index contributed by atoms with van der Waals surface area (Å²) in [4.78, 5) is 0. The predicted octanol–water partition coefficient (Wildman–Crippen LogP) is 1.30. The maximum Gasteiger partial charge on any atom is 0.0468 e. The Balaban J connectivity index is 1.59. The van der Waals surface area contributed by atoms with Crippen molar-refractivity contribution in [1.82, 2.24) is 5.32 Å². The molecule has 0 saturated heterocycles. The normalized spacial score (nSPS) is 30.9. The summed E-state index contributed by atoms with van der Waals surface area (Å²) in [7, 11) is 1.79. The third-order valence-corrected chi connectivity index (χ3v) is 3.91. The van der Waals surface area contributed by atoms with Gasteiger partial charge in [0.05, 0.1) is 0 Å². The van der Waals surface area contributed by atoms with Gasteiger partial charge in [0.2, 0.25) is 0 Å². The van der Waals surface area contributed by atoms with Crippen LogP contribution in [0.2, 0.25) is 0 Å². The molecule has 92 valence electrons. The van der Waals surface area contributed by atoms with E-state index in [1.165, 1.54) is 19.3 Å². The number of nitrogens with two attached hydrogens (primary N) is 1. The molecule has 3 heteroatoms. The monoisotopic (exact) mass is 224 g/mol. The average molecular weight is 224 g/mol. The van der Waals surface area contributed by atoms with E-state index in [2.05, 4.69) is 17.5 Å². The van der Waals surface area contributed by atoms with Gasteiger partial charge in [-0.3, -0.25) is 0 Å². The zero-order valence-electron chi connectivity index (χ0n) is 10.2. The Kier molecular flexibility index (Phi) is 4.00. The number of nitrogens with one attached hydrogen (secondary N) is 1. The lowest BCUT2D eigenvalue weighted by Gasteiger charge is -2.17. The van der Waals surface area contributed by atoms with E-state index in [0.29, 0.717) is 11.3 Å². The molecule has 0 bridgehead atoms. The van der Waals surface area contributed by atoms with Crippen molar-refractivity contribution >= 4 is 0 Å². The first-order valence-electron chi connectivity index (χ1n) is 6.38. The van der Waals surface area contributed by atoms with Gasteiger partial charge in [-0.05, 0) is 37.0 Å². The summed E-state index contributed by atoms with van der Waals surface area (Å²) in [6.45, 7) is 3.13. The lowest BCUT2D eigenvalue weighted by Crippen LogP contribution is -2.29. The van der Waals surface area contributed by atoms with Crippen LogP contribution < -0.4 is 11.1 Å². The highest BCUT2D eigenvalue weighted by molar-refractivity contribution is 5.05. The molecule has 2 aliphatic carbocycles. The Morgan fingerprint density at radius 2 is 2.25 bits per heavy atom. The van der Waals surface area contributed by atoms with Crippen LogP contribution in [0.25, 0.3) is 0 Å². The maximum absolute atomic E-state index is 5.83. The summed E-state index contributed by atoms with van der Waals surface area (Å²) in [6, 6.07) is 0.287. The van der Waals surface area contributed by atoms with E-state index in [-0.39, 0.29) is 6.04 Å². The first kappa shape index (κ1) is 12.1. The van der Waals surface area contributed by atoms with E-state index in [9.17, 15) is 0 Å². The number of hydrogen-bond acceptors (Lipinski definition) is 3. The number of methoxy groups -OCH3 is 1. The number of hydrogen-bond donors (Lipinski definition) is 2. The summed E-state index contributed by atoms with van der Waals surface area (Å²) in [5, 5.41) is 3.60. The summed E-state index contributed by atoms with van der Waals surface area (Å²) in [5.74, 6) is 0.647. The van der Waals surface area contributed by atoms with Crippen LogP contribution in [-0.4, -0.2) is 32.8 Å². The summed E-state index contributed by atoms with van der Waals surface area (Å²) in [6.07, 6.45) is 9.43. The van der Waals surface area contributed by atoms with Crippen LogP contribution in [0.5, 0.6) is 0 Å². The Morgan fingerprint density at radius 1 is 1.44 bits per heavy atom. The molecule has 2 unspecified atom stereocenters. The molecular formula is C13H24N2O. The molecule has 1 fully saturated rings. The largest absolute Gasteiger partial charge is 0.385 e. The van der Waals surface area contributed by atoms with Crippen molar-refractivity contribution in [2.24, 2.45) is 17.1 Å². The molecule has 0 aromatic rings. The van der Waals surface area contributed by atoms with Gasteiger partial charge in [-0.15, -0.1) is 0 Å². The zero-order valence-corrected chi connectivity index (χ0v) is 10.2. The maximum atomic E-state index is 5.83. The van der Waals surface area contributed by atoms with E-state index in [0.717, 1.165) is 26.1 Å². The molecule has 0 aliphatic heterocycles. The quantitative estimate of drug-likeness (QED) is 0.641. The van der Waals surface area contributed by atoms with Crippen LogP contribution >= 0.6 is 0 Å².